The lowest BCUT2D eigenvalue weighted by molar-refractivity contribution is -0.150. The summed E-state index contributed by atoms with van der Waals surface area (Å²) in [6, 6.07) is 0. The van der Waals surface area contributed by atoms with Crippen LogP contribution in [0.15, 0.2) is 11.8 Å². The van der Waals surface area contributed by atoms with Gasteiger partial charge in [0.2, 0.25) is 0 Å². The number of carbonyl (C=O) groups is 1. The first-order valence-corrected chi connectivity index (χ1v) is 6.99. The Balaban J connectivity index is 2.09. The van der Waals surface area contributed by atoms with Gasteiger partial charge in [-0.15, -0.1) is 0 Å². The molecule has 0 aromatic rings. The quantitative estimate of drug-likeness (QED) is 0.619. The Morgan fingerprint density at radius 3 is 2.42 bits per heavy atom. The highest BCUT2D eigenvalue weighted by molar-refractivity contribution is 5.96. The first-order valence-electron chi connectivity index (χ1n) is 6.99. The third kappa shape index (κ3) is 1.56. The lowest BCUT2D eigenvalue weighted by Gasteiger charge is -2.55. The second-order valence-corrected chi connectivity index (χ2v) is 7.53. The maximum absolute atomic E-state index is 12.2. The Hall–Kier alpha value is -0.870. The van der Waals surface area contributed by atoms with Crippen molar-refractivity contribution in [2.45, 2.75) is 45.8 Å². The molecule has 0 spiro atoms. The van der Waals surface area contributed by atoms with Crippen molar-refractivity contribution < 1.29 is 20.1 Å². The van der Waals surface area contributed by atoms with E-state index in [-0.39, 0.29) is 34.7 Å². The number of rotatable bonds is 0. The predicted octanol–water partition coefficient (Wildman–Crippen LogP) is 1.42. The Morgan fingerprint density at radius 1 is 1.21 bits per heavy atom. The van der Waals surface area contributed by atoms with E-state index in [0.717, 1.165) is 6.42 Å². The van der Waals surface area contributed by atoms with E-state index < -0.39 is 17.6 Å². The Labute approximate surface area is 113 Å². The highest BCUT2D eigenvalue weighted by atomic mass is 16.3. The molecule has 3 N–H and O–H groups in total. The van der Waals surface area contributed by atoms with Crippen molar-refractivity contribution in [2.75, 3.05) is 0 Å². The molecule has 0 heterocycles. The summed E-state index contributed by atoms with van der Waals surface area (Å²) in [5.74, 6) is -0.721. The summed E-state index contributed by atoms with van der Waals surface area (Å²) in [6.07, 6.45) is 1.06. The zero-order valence-electron chi connectivity index (χ0n) is 11.6. The predicted molar refractivity (Wildman–Crippen MR) is 69.3 cm³/mol. The minimum Gasteiger partial charge on any atom is -0.505 e. The largest absolute Gasteiger partial charge is 0.505 e. The molecule has 0 radical (unpaired) electrons. The summed E-state index contributed by atoms with van der Waals surface area (Å²) < 4.78 is 0. The van der Waals surface area contributed by atoms with Gasteiger partial charge in [-0.25, -0.2) is 0 Å². The first-order chi connectivity index (χ1) is 8.67. The fourth-order valence-electron chi connectivity index (χ4n) is 4.73. The fourth-order valence-corrected chi connectivity index (χ4v) is 4.73. The monoisotopic (exact) mass is 266 g/mol. The van der Waals surface area contributed by atoms with Gasteiger partial charge in [0.25, 0.3) is 0 Å². The second-order valence-electron chi connectivity index (χ2n) is 7.53. The highest BCUT2D eigenvalue weighted by Gasteiger charge is 2.62. The summed E-state index contributed by atoms with van der Waals surface area (Å²) in [4.78, 5) is 12.2. The maximum atomic E-state index is 12.2. The topological polar surface area (TPSA) is 77.8 Å². The van der Waals surface area contributed by atoms with Crippen molar-refractivity contribution in [3.05, 3.63) is 11.8 Å². The Bertz CT molecular complexity index is 467. The van der Waals surface area contributed by atoms with Crippen molar-refractivity contribution in [3.63, 3.8) is 0 Å². The van der Waals surface area contributed by atoms with Gasteiger partial charge in [0.15, 0.2) is 11.5 Å². The molecule has 0 aliphatic heterocycles. The number of aliphatic hydroxyl groups is 3. The van der Waals surface area contributed by atoms with E-state index >= 15 is 0 Å². The molecule has 0 aromatic heterocycles. The minimum atomic E-state index is -0.931. The van der Waals surface area contributed by atoms with Crippen LogP contribution in [0.1, 0.15) is 33.6 Å². The van der Waals surface area contributed by atoms with Crippen molar-refractivity contribution in [3.8, 4) is 0 Å². The number of hydrogen-bond donors (Lipinski definition) is 3. The van der Waals surface area contributed by atoms with E-state index in [1.165, 1.54) is 6.08 Å². The number of fused-ring (bicyclic) bond motifs is 4. The van der Waals surface area contributed by atoms with E-state index in [0.29, 0.717) is 6.42 Å². The minimum absolute atomic E-state index is 0.0607. The van der Waals surface area contributed by atoms with Gasteiger partial charge in [0, 0.05) is 11.3 Å². The van der Waals surface area contributed by atoms with E-state index in [1.807, 2.05) is 6.92 Å². The summed E-state index contributed by atoms with van der Waals surface area (Å²) >= 11 is 0. The van der Waals surface area contributed by atoms with Crippen LogP contribution in [0.3, 0.4) is 0 Å². The molecule has 4 nitrogen and oxygen atoms in total. The van der Waals surface area contributed by atoms with Crippen LogP contribution in [0.25, 0.3) is 0 Å². The lowest BCUT2D eigenvalue weighted by Crippen LogP contribution is -2.55. The molecule has 2 bridgehead atoms. The van der Waals surface area contributed by atoms with Gasteiger partial charge >= 0.3 is 0 Å². The molecule has 4 heteroatoms. The molecule has 3 aliphatic rings. The molecule has 0 amide bonds. The lowest BCUT2D eigenvalue weighted by atomic mass is 9.50. The van der Waals surface area contributed by atoms with Gasteiger partial charge in [-0.05, 0) is 36.2 Å². The molecule has 2 saturated carbocycles. The molecule has 3 rings (SSSR count). The third-order valence-corrected chi connectivity index (χ3v) is 5.72. The van der Waals surface area contributed by atoms with Crippen molar-refractivity contribution >= 4 is 5.78 Å². The van der Waals surface area contributed by atoms with Crippen LogP contribution in [0.4, 0.5) is 0 Å². The molecular weight excluding hydrogens is 244 g/mol. The normalized spacial score (nSPS) is 51.7. The van der Waals surface area contributed by atoms with Gasteiger partial charge in [-0.3, -0.25) is 4.79 Å². The zero-order chi connectivity index (χ0) is 14.2. The second kappa shape index (κ2) is 3.61. The molecule has 6 unspecified atom stereocenters. The molecule has 19 heavy (non-hydrogen) atoms. The van der Waals surface area contributed by atoms with Crippen LogP contribution in [0, 0.1) is 28.6 Å². The zero-order valence-corrected chi connectivity index (χ0v) is 11.6. The Morgan fingerprint density at radius 2 is 1.84 bits per heavy atom. The van der Waals surface area contributed by atoms with E-state index in [2.05, 4.69) is 13.8 Å². The standard InChI is InChI=1S/C15H22O4/c1-14(2)4-7-8-5-15(3,6-9(16)11(8)17)13(19)12(18)10(7)14/h6-8,10,12-13,16,18-19H,4-5H2,1-3H3. The average Bonchev–Trinajstić information content (AvgIpc) is 2.34. The third-order valence-electron chi connectivity index (χ3n) is 5.72. The smallest absolute Gasteiger partial charge is 0.200 e. The molecule has 6 atom stereocenters. The van der Waals surface area contributed by atoms with Crippen LogP contribution in [0.5, 0.6) is 0 Å². The summed E-state index contributed by atoms with van der Waals surface area (Å²) in [6.45, 7) is 5.95. The van der Waals surface area contributed by atoms with Crippen molar-refractivity contribution in [1.29, 1.82) is 0 Å². The van der Waals surface area contributed by atoms with Gasteiger partial charge < -0.3 is 15.3 Å². The van der Waals surface area contributed by atoms with Crippen LogP contribution >= 0.6 is 0 Å². The van der Waals surface area contributed by atoms with E-state index in [1.54, 1.807) is 0 Å². The van der Waals surface area contributed by atoms with E-state index in [4.69, 9.17) is 0 Å². The number of aliphatic hydroxyl groups excluding tert-OH is 3. The fraction of sp³-hybridized carbons (Fsp3) is 0.800. The van der Waals surface area contributed by atoms with Crippen LogP contribution in [-0.4, -0.2) is 33.3 Å². The maximum Gasteiger partial charge on any atom is 0.200 e. The SMILES string of the molecule is CC1(C)CC2C3CC(C)(C=C(O)C3=O)C(O)C(O)C21. The number of ketones is 1. The van der Waals surface area contributed by atoms with Gasteiger partial charge in [0.1, 0.15) is 0 Å². The van der Waals surface area contributed by atoms with Crippen molar-refractivity contribution in [2.24, 2.45) is 28.6 Å². The van der Waals surface area contributed by atoms with Crippen molar-refractivity contribution in [1.82, 2.24) is 0 Å². The number of carbonyl (C=O) groups excluding carboxylic acids is 1. The van der Waals surface area contributed by atoms with Crippen LogP contribution < -0.4 is 0 Å². The molecular formula is C15H22O4. The van der Waals surface area contributed by atoms with Crippen LogP contribution in [0.2, 0.25) is 0 Å². The highest BCUT2D eigenvalue weighted by Crippen LogP contribution is 2.62. The first kappa shape index (κ1) is 13.1. The summed E-state index contributed by atoms with van der Waals surface area (Å²) in [5, 5.41) is 30.8. The van der Waals surface area contributed by atoms with E-state index in [9.17, 15) is 20.1 Å². The van der Waals surface area contributed by atoms with Gasteiger partial charge in [-0.1, -0.05) is 20.8 Å². The average molecular weight is 266 g/mol. The van der Waals surface area contributed by atoms with Gasteiger partial charge in [-0.2, -0.15) is 0 Å². The number of Topliss-reactive ketones (excluding diaryl/α,β-unsaturated/α-hetero) is 1. The molecule has 3 aliphatic carbocycles. The Kier molecular flexibility index (Phi) is 2.50. The summed E-state index contributed by atoms with van der Waals surface area (Å²) in [5.41, 5.74) is -0.774. The molecule has 2 fully saturated rings. The molecule has 106 valence electrons. The van der Waals surface area contributed by atoms with Crippen LogP contribution in [-0.2, 0) is 4.79 Å². The number of hydrogen-bond acceptors (Lipinski definition) is 4. The molecule has 0 saturated heterocycles. The van der Waals surface area contributed by atoms with Gasteiger partial charge in [0.05, 0.1) is 12.2 Å². The number of allylic oxidation sites excluding steroid dienone is 1. The molecule has 0 aromatic carbocycles. The summed E-state index contributed by atoms with van der Waals surface area (Å²) in [7, 11) is 0.